The predicted molar refractivity (Wildman–Crippen MR) is 205 cm³/mol. The molecule has 3 heterocycles. The Morgan fingerprint density at radius 1 is 0.400 bits per heavy atom. The number of rotatable bonds is 5. The van der Waals surface area contributed by atoms with Gasteiger partial charge in [0.25, 0.3) is 0 Å². The molecule has 0 fully saturated rings. The van der Waals surface area contributed by atoms with Gasteiger partial charge in [-0.25, -0.2) is 4.98 Å². The summed E-state index contributed by atoms with van der Waals surface area (Å²) in [4.78, 5) is 10.0. The molecule has 0 aliphatic rings. The zero-order valence-corrected chi connectivity index (χ0v) is 27.0. The molecule has 7 aromatic carbocycles. The van der Waals surface area contributed by atoms with Crippen molar-refractivity contribution in [1.29, 1.82) is 0 Å². The number of hydrogen-bond acceptors (Lipinski definition) is 3. The fraction of sp³-hybridized carbons (Fsp3) is 0. The van der Waals surface area contributed by atoms with Gasteiger partial charge in [-0.15, -0.1) is 0 Å². The van der Waals surface area contributed by atoms with Gasteiger partial charge in [0, 0.05) is 33.0 Å². The summed E-state index contributed by atoms with van der Waals surface area (Å²) in [5.41, 5.74) is 12.4. The van der Waals surface area contributed by atoms with Gasteiger partial charge in [-0.3, -0.25) is 0 Å². The van der Waals surface area contributed by atoms with Crippen LogP contribution in [0.3, 0.4) is 0 Å². The lowest BCUT2D eigenvalue weighted by atomic mass is 9.96. The van der Waals surface area contributed by atoms with Gasteiger partial charge in [0.05, 0.1) is 22.1 Å². The fourth-order valence-electron chi connectivity index (χ4n) is 7.28. The Kier molecular flexibility index (Phi) is 6.46. The predicted octanol–water partition coefficient (Wildman–Crippen LogP) is 12.1. The zero-order valence-electron chi connectivity index (χ0n) is 27.0. The van der Waals surface area contributed by atoms with Crippen LogP contribution in [0.5, 0.6) is 0 Å². The monoisotopic (exact) mass is 639 g/mol. The van der Waals surface area contributed by atoms with Crippen LogP contribution < -0.4 is 0 Å². The lowest BCUT2D eigenvalue weighted by molar-refractivity contribution is 0.653. The van der Waals surface area contributed by atoms with Crippen LogP contribution in [0.15, 0.2) is 180 Å². The van der Waals surface area contributed by atoms with Gasteiger partial charge in [-0.1, -0.05) is 127 Å². The van der Waals surface area contributed by atoms with E-state index in [-0.39, 0.29) is 0 Å². The molecule has 0 radical (unpaired) electrons. The van der Waals surface area contributed by atoms with E-state index in [4.69, 9.17) is 14.4 Å². The van der Waals surface area contributed by atoms with E-state index >= 15 is 0 Å². The third-order valence-electron chi connectivity index (χ3n) is 9.62. The standard InChI is InChI=1S/C46H29N3O/c1-3-13-30(14-4-1)45-47-44(43-38-22-8-10-24-42(38)50-46(43)48-45)35-18-12-17-33(28-35)31-15-11-16-32(27-31)34-25-26-41-39(29-34)37-21-7-9-23-40(37)49(41)36-19-5-2-6-20-36/h1-29H. The van der Waals surface area contributed by atoms with E-state index in [9.17, 15) is 0 Å². The molecule has 4 nitrogen and oxygen atoms in total. The lowest BCUT2D eigenvalue weighted by Gasteiger charge is -2.11. The minimum Gasteiger partial charge on any atom is -0.438 e. The van der Waals surface area contributed by atoms with E-state index in [1.165, 1.54) is 32.9 Å². The van der Waals surface area contributed by atoms with Crippen LogP contribution >= 0.6 is 0 Å². The minimum absolute atomic E-state index is 0.589. The SMILES string of the molecule is c1ccc(-c2nc(-c3cccc(-c4cccc(-c5ccc6c(c5)c5ccccc5n6-c5ccccc5)c4)c3)c3c(n2)oc2ccccc23)cc1. The van der Waals surface area contributed by atoms with Gasteiger partial charge in [-0.2, -0.15) is 4.98 Å². The average Bonchev–Trinajstić information content (AvgIpc) is 3.74. The van der Waals surface area contributed by atoms with Crippen molar-refractivity contribution in [3.05, 3.63) is 176 Å². The Morgan fingerprint density at radius 2 is 0.980 bits per heavy atom. The number of furan rings is 1. The number of aromatic nitrogens is 3. The maximum Gasteiger partial charge on any atom is 0.231 e. The van der Waals surface area contributed by atoms with E-state index in [1.54, 1.807) is 0 Å². The number of hydrogen-bond donors (Lipinski definition) is 0. The van der Waals surface area contributed by atoms with Crippen molar-refractivity contribution in [3.63, 3.8) is 0 Å². The number of fused-ring (bicyclic) bond motifs is 6. The molecule has 0 bridgehead atoms. The number of nitrogens with zero attached hydrogens (tertiary/aromatic N) is 3. The summed E-state index contributed by atoms with van der Waals surface area (Å²) in [6.45, 7) is 0. The summed E-state index contributed by atoms with van der Waals surface area (Å²) in [7, 11) is 0. The van der Waals surface area contributed by atoms with Gasteiger partial charge in [0.2, 0.25) is 5.71 Å². The van der Waals surface area contributed by atoms with Crippen LogP contribution in [-0.2, 0) is 0 Å². The van der Waals surface area contributed by atoms with Crippen molar-refractivity contribution < 1.29 is 4.42 Å². The summed E-state index contributed by atoms with van der Waals surface area (Å²) in [5, 5.41) is 4.42. The van der Waals surface area contributed by atoms with E-state index in [2.05, 4.69) is 132 Å². The summed E-state index contributed by atoms with van der Waals surface area (Å²) in [6.07, 6.45) is 0. The van der Waals surface area contributed by atoms with Gasteiger partial charge in [0.1, 0.15) is 5.58 Å². The van der Waals surface area contributed by atoms with Gasteiger partial charge in [-0.05, 0) is 70.8 Å². The fourth-order valence-corrected chi connectivity index (χ4v) is 7.28. The molecular weight excluding hydrogens is 611 g/mol. The maximum atomic E-state index is 6.29. The molecule has 234 valence electrons. The highest BCUT2D eigenvalue weighted by Crippen LogP contribution is 2.39. The Labute approximate surface area is 288 Å². The first-order valence-corrected chi connectivity index (χ1v) is 16.8. The van der Waals surface area contributed by atoms with Crippen LogP contribution in [0.25, 0.3) is 94.5 Å². The van der Waals surface area contributed by atoms with Gasteiger partial charge >= 0.3 is 0 Å². The second kappa shape index (κ2) is 11.4. The first-order chi connectivity index (χ1) is 24.8. The summed E-state index contributed by atoms with van der Waals surface area (Å²) in [6, 6.07) is 61.7. The van der Waals surface area contributed by atoms with Crippen molar-refractivity contribution in [2.45, 2.75) is 0 Å². The first-order valence-electron chi connectivity index (χ1n) is 16.8. The Bertz CT molecular complexity index is 2870. The number of benzene rings is 7. The molecule has 0 saturated heterocycles. The van der Waals surface area contributed by atoms with Crippen LogP contribution in [0, 0.1) is 0 Å². The highest BCUT2D eigenvalue weighted by atomic mass is 16.3. The van der Waals surface area contributed by atoms with Crippen molar-refractivity contribution in [2.24, 2.45) is 0 Å². The molecule has 0 aliphatic carbocycles. The summed E-state index contributed by atoms with van der Waals surface area (Å²) in [5.74, 6) is 0.642. The van der Waals surface area contributed by atoms with Crippen molar-refractivity contribution in [2.75, 3.05) is 0 Å². The molecule has 0 aliphatic heterocycles. The molecule has 3 aromatic heterocycles. The van der Waals surface area contributed by atoms with Crippen LogP contribution in [-0.4, -0.2) is 14.5 Å². The molecule has 10 rings (SSSR count). The third-order valence-corrected chi connectivity index (χ3v) is 9.62. The van der Waals surface area contributed by atoms with E-state index in [0.717, 1.165) is 50.0 Å². The van der Waals surface area contributed by atoms with E-state index in [1.807, 2.05) is 48.5 Å². The summed E-state index contributed by atoms with van der Waals surface area (Å²) >= 11 is 0. The molecule has 10 aromatic rings. The average molecular weight is 640 g/mol. The van der Waals surface area contributed by atoms with Crippen LogP contribution in [0.2, 0.25) is 0 Å². The molecule has 4 heteroatoms. The normalized spacial score (nSPS) is 11.6. The van der Waals surface area contributed by atoms with E-state index in [0.29, 0.717) is 11.5 Å². The van der Waals surface area contributed by atoms with Gasteiger partial charge in [0.15, 0.2) is 5.82 Å². The molecule has 0 amide bonds. The second-order valence-electron chi connectivity index (χ2n) is 12.6. The molecule has 0 atom stereocenters. The number of para-hydroxylation sites is 3. The Morgan fingerprint density at radius 3 is 1.76 bits per heavy atom. The Hall–Kier alpha value is -6.78. The van der Waals surface area contributed by atoms with Crippen LogP contribution in [0.1, 0.15) is 0 Å². The first kappa shape index (κ1) is 28.3. The molecule has 0 unspecified atom stereocenters. The van der Waals surface area contributed by atoms with Crippen LogP contribution in [0.4, 0.5) is 0 Å². The molecular formula is C46H29N3O. The van der Waals surface area contributed by atoms with Crippen molar-refractivity contribution >= 4 is 43.9 Å². The second-order valence-corrected chi connectivity index (χ2v) is 12.6. The summed E-state index contributed by atoms with van der Waals surface area (Å²) < 4.78 is 8.64. The zero-order chi connectivity index (χ0) is 33.0. The minimum atomic E-state index is 0.589. The molecule has 0 N–H and O–H groups in total. The molecule has 0 spiro atoms. The lowest BCUT2D eigenvalue weighted by Crippen LogP contribution is -1.94. The topological polar surface area (TPSA) is 43.9 Å². The molecule has 50 heavy (non-hydrogen) atoms. The quantitative estimate of drug-likeness (QED) is 0.188. The van der Waals surface area contributed by atoms with E-state index < -0.39 is 0 Å². The maximum absolute atomic E-state index is 6.29. The van der Waals surface area contributed by atoms with Crippen molar-refractivity contribution in [1.82, 2.24) is 14.5 Å². The van der Waals surface area contributed by atoms with Crippen molar-refractivity contribution in [3.8, 4) is 50.6 Å². The molecule has 0 saturated carbocycles. The highest BCUT2D eigenvalue weighted by Gasteiger charge is 2.19. The smallest absolute Gasteiger partial charge is 0.231 e. The largest absolute Gasteiger partial charge is 0.438 e. The van der Waals surface area contributed by atoms with Gasteiger partial charge < -0.3 is 8.98 Å². The third kappa shape index (κ3) is 4.61. The highest BCUT2D eigenvalue weighted by molar-refractivity contribution is 6.11. The Balaban J connectivity index is 1.10.